The number of aryl methyl sites for hydroxylation is 2. The number of hydrogen-bond donors (Lipinski definition) is 1. The van der Waals surface area contributed by atoms with Gasteiger partial charge in [0.05, 0.1) is 22.8 Å². The largest absolute Gasteiger partial charge is 0.458 e. The average Bonchev–Trinajstić information content (AvgIpc) is 4.07. The molecule has 0 radical (unpaired) electrons. The van der Waals surface area contributed by atoms with Crippen LogP contribution in [0.5, 0.6) is 0 Å². The Kier molecular flexibility index (Phi) is 7.92. The van der Waals surface area contributed by atoms with E-state index in [-0.39, 0.29) is 0 Å². The van der Waals surface area contributed by atoms with Crippen LogP contribution in [-0.4, -0.2) is 22.6 Å². The van der Waals surface area contributed by atoms with E-state index in [1.807, 2.05) is 30.5 Å². The SMILES string of the molecule is Cc1ccc(C2=C3C=CC(=N3)C(c3ccccc3)=C3CC(=C(c4ccccc4)C4=NC(=C(c5ccc(C)cc5)c5ccc2[nH]5)C=C4)C(=C2C=CC=N2)O3)cc1. The summed E-state index contributed by atoms with van der Waals surface area (Å²) in [7, 11) is 0. The monoisotopic (exact) mass is 708 g/mol. The summed E-state index contributed by atoms with van der Waals surface area (Å²) in [6, 6.07) is 42.7. The highest BCUT2D eigenvalue weighted by atomic mass is 16.5. The van der Waals surface area contributed by atoms with Crippen molar-refractivity contribution in [2.75, 3.05) is 0 Å². The van der Waals surface area contributed by atoms with Gasteiger partial charge >= 0.3 is 0 Å². The van der Waals surface area contributed by atoms with Crippen molar-refractivity contribution in [2.45, 2.75) is 20.3 Å². The van der Waals surface area contributed by atoms with E-state index in [0.29, 0.717) is 6.42 Å². The first-order chi connectivity index (χ1) is 27.1. The molecule has 5 nitrogen and oxygen atoms in total. The maximum atomic E-state index is 7.07. The molecule has 6 heterocycles. The van der Waals surface area contributed by atoms with Crippen LogP contribution < -0.4 is 0 Å². The highest BCUT2D eigenvalue weighted by molar-refractivity contribution is 6.33. The molecule has 1 saturated heterocycles. The third kappa shape index (κ3) is 5.87. The average molecular weight is 709 g/mol. The molecular weight excluding hydrogens is 673 g/mol. The Hall–Kier alpha value is -7.11. The Labute approximate surface area is 320 Å². The molecule has 5 aliphatic heterocycles. The molecule has 0 aliphatic carbocycles. The topological polar surface area (TPSA) is 62.1 Å². The molecule has 4 aromatic carbocycles. The number of nitrogens with zero attached hydrogens (tertiary/aromatic N) is 3. The number of ether oxygens (including phenoxy) is 1. The minimum Gasteiger partial charge on any atom is -0.458 e. The van der Waals surface area contributed by atoms with Gasteiger partial charge in [-0.1, -0.05) is 120 Å². The van der Waals surface area contributed by atoms with Gasteiger partial charge in [-0.3, -0.25) is 4.99 Å². The van der Waals surface area contributed by atoms with Crippen molar-refractivity contribution in [1.82, 2.24) is 4.98 Å². The van der Waals surface area contributed by atoms with Crippen molar-refractivity contribution in [3.63, 3.8) is 0 Å². The van der Waals surface area contributed by atoms with E-state index in [1.165, 1.54) is 11.1 Å². The minimum absolute atomic E-state index is 0.530. The molecule has 8 bridgehead atoms. The fourth-order valence-electron chi connectivity index (χ4n) is 7.87. The molecule has 1 aromatic heterocycles. The lowest BCUT2D eigenvalue weighted by atomic mass is 9.91. The van der Waals surface area contributed by atoms with Gasteiger partial charge in [0.1, 0.15) is 11.5 Å². The normalized spacial score (nSPS) is 18.6. The van der Waals surface area contributed by atoms with E-state index in [0.717, 1.165) is 102 Å². The first kappa shape index (κ1) is 32.5. The van der Waals surface area contributed by atoms with Gasteiger partial charge in [-0.25, -0.2) is 9.98 Å². The lowest BCUT2D eigenvalue weighted by molar-refractivity contribution is 0.344. The molecule has 10 rings (SSSR count). The van der Waals surface area contributed by atoms with Crippen LogP contribution in [0.15, 0.2) is 207 Å². The Balaban J connectivity index is 1.33. The van der Waals surface area contributed by atoms with Crippen molar-refractivity contribution in [3.8, 4) is 0 Å². The van der Waals surface area contributed by atoms with Crippen LogP contribution in [0.1, 0.15) is 51.2 Å². The number of nitrogens with one attached hydrogen (secondary N) is 1. The second-order valence-corrected chi connectivity index (χ2v) is 14.2. The first-order valence-electron chi connectivity index (χ1n) is 18.6. The lowest BCUT2D eigenvalue weighted by Gasteiger charge is -2.13. The van der Waals surface area contributed by atoms with Crippen molar-refractivity contribution < 1.29 is 4.74 Å². The highest BCUT2D eigenvalue weighted by Gasteiger charge is 2.34. The Morgan fingerprint density at radius 3 is 1.53 bits per heavy atom. The Bertz CT molecular complexity index is 2740. The number of aliphatic imine (C=N–C) groups is 3. The fourth-order valence-corrected chi connectivity index (χ4v) is 7.87. The molecule has 1 fully saturated rings. The maximum Gasteiger partial charge on any atom is 0.156 e. The molecule has 0 atom stereocenters. The molecule has 0 amide bonds. The second-order valence-electron chi connectivity index (χ2n) is 14.2. The van der Waals surface area contributed by atoms with Gasteiger partial charge in [-0.15, -0.1) is 0 Å². The molecule has 5 aliphatic rings. The van der Waals surface area contributed by atoms with Gasteiger partial charge in [0.15, 0.2) is 5.76 Å². The van der Waals surface area contributed by atoms with Gasteiger partial charge in [-0.2, -0.15) is 0 Å². The molecule has 5 heteroatoms. The van der Waals surface area contributed by atoms with Crippen LogP contribution in [0.2, 0.25) is 0 Å². The molecule has 5 aromatic rings. The third-order valence-electron chi connectivity index (χ3n) is 10.5. The van der Waals surface area contributed by atoms with Crippen LogP contribution in [0, 0.1) is 13.8 Å². The molecule has 0 saturated carbocycles. The predicted octanol–water partition coefficient (Wildman–Crippen LogP) is 11.3. The summed E-state index contributed by atoms with van der Waals surface area (Å²) in [5, 5.41) is 0. The number of fused-ring (bicyclic) bond motifs is 6. The highest BCUT2D eigenvalue weighted by Crippen LogP contribution is 2.46. The van der Waals surface area contributed by atoms with E-state index >= 15 is 0 Å². The van der Waals surface area contributed by atoms with Crippen molar-refractivity contribution in [1.29, 1.82) is 0 Å². The lowest BCUT2D eigenvalue weighted by Crippen LogP contribution is -2.03. The summed E-state index contributed by atoms with van der Waals surface area (Å²) in [5.74, 6) is 1.55. The number of hydrogen-bond acceptors (Lipinski definition) is 4. The number of aromatic nitrogens is 1. The standard InChI is InChI=1S/C50H36N4O/c1-31-15-19-35(20-16-31)47-39-24-23-38(52-39)46(33-10-5-3-6-11-33)37-30-45(55-50(37)44-14-9-29-51-44)49(34-12-7-4-8-13-34)43-28-27-42(54-43)48(41-26-25-40(47)53-41)36-21-17-32(2)18-22-36/h3-29,53H,30H2,1-2H3. The third-order valence-corrected chi connectivity index (χ3v) is 10.5. The number of rotatable bonds is 4. The van der Waals surface area contributed by atoms with E-state index < -0.39 is 0 Å². The number of H-pyrrole nitrogens is 1. The number of aromatic amines is 1. The summed E-state index contributed by atoms with van der Waals surface area (Å²) in [5.41, 5.74) is 17.9. The van der Waals surface area contributed by atoms with E-state index in [4.69, 9.17) is 19.7 Å². The van der Waals surface area contributed by atoms with Gasteiger partial charge < -0.3 is 9.72 Å². The molecule has 0 unspecified atom stereocenters. The van der Waals surface area contributed by atoms with Crippen molar-refractivity contribution >= 4 is 39.9 Å². The second kappa shape index (κ2) is 13.4. The summed E-state index contributed by atoms with van der Waals surface area (Å²) < 4.78 is 7.07. The van der Waals surface area contributed by atoms with E-state index in [2.05, 4.69) is 152 Å². The Morgan fingerprint density at radius 2 is 1.00 bits per heavy atom. The zero-order valence-corrected chi connectivity index (χ0v) is 30.5. The summed E-state index contributed by atoms with van der Waals surface area (Å²) in [6.45, 7) is 4.23. The molecule has 0 spiro atoms. The summed E-state index contributed by atoms with van der Waals surface area (Å²) in [6.07, 6.45) is 14.9. The van der Waals surface area contributed by atoms with E-state index in [1.54, 1.807) is 0 Å². The fraction of sp³-hybridized carbons (Fsp3) is 0.0600. The van der Waals surface area contributed by atoms with Gasteiger partial charge in [0.2, 0.25) is 0 Å². The van der Waals surface area contributed by atoms with E-state index in [9.17, 15) is 0 Å². The zero-order chi connectivity index (χ0) is 36.9. The van der Waals surface area contributed by atoms with Gasteiger partial charge in [-0.05, 0) is 84.7 Å². The van der Waals surface area contributed by atoms with Gasteiger partial charge in [0.25, 0.3) is 0 Å². The Morgan fingerprint density at radius 1 is 0.491 bits per heavy atom. The van der Waals surface area contributed by atoms with Crippen LogP contribution in [0.4, 0.5) is 0 Å². The smallest absolute Gasteiger partial charge is 0.156 e. The predicted molar refractivity (Wildman–Crippen MR) is 225 cm³/mol. The van der Waals surface area contributed by atoms with Gasteiger partial charge in [0, 0.05) is 51.9 Å². The zero-order valence-electron chi connectivity index (χ0n) is 30.5. The van der Waals surface area contributed by atoms with Crippen LogP contribution in [0.25, 0.3) is 22.3 Å². The summed E-state index contributed by atoms with van der Waals surface area (Å²) in [4.78, 5) is 19.5. The first-order valence-corrected chi connectivity index (χ1v) is 18.6. The van der Waals surface area contributed by atoms with Crippen molar-refractivity contribution in [2.24, 2.45) is 15.0 Å². The molecule has 262 valence electrons. The van der Waals surface area contributed by atoms with Crippen LogP contribution in [-0.2, 0) is 4.74 Å². The number of allylic oxidation sites excluding steroid dienone is 10. The minimum atomic E-state index is 0.530. The van der Waals surface area contributed by atoms with Crippen LogP contribution >= 0.6 is 0 Å². The number of benzene rings is 4. The molecule has 1 N–H and O–H groups in total. The molecule has 55 heavy (non-hydrogen) atoms. The maximum absolute atomic E-state index is 7.07. The van der Waals surface area contributed by atoms with Crippen LogP contribution in [0.3, 0.4) is 0 Å². The molecular formula is C50H36N4O. The summed E-state index contributed by atoms with van der Waals surface area (Å²) >= 11 is 0. The van der Waals surface area contributed by atoms with Crippen molar-refractivity contribution in [3.05, 3.63) is 237 Å². The quantitative estimate of drug-likeness (QED) is 0.198.